The Morgan fingerprint density at radius 1 is 1.56 bits per heavy atom. The smallest absolute Gasteiger partial charge is 0.242 e. The van der Waals surface area contributed by atoms with Crippen LogP contribution in [0.25, 0.3) is 0 Å². The molecule has 3 N–H and O–H groups in total. The van der Waals surface area contributed by atoms with Crippen molar-refractivity contribution in [3.8, 4) is 0 Å². The van der Waals surface area contributed by atoms with Gasteiger partial charge >= 0.3 is 0 Å². The topological polar surface area (TPSA) is 87.7 Å². The van der Waals surface area contributed by atoms with E-state index in [4.69, 9.17) is 4.74 Å². The van der Waals surface area contributed by atoms with Crippen molar-refractivity contribution in [1.82, 2.24) is 10.6 Å². The molecule has 1 saturated heterocycles. The lowest BCUT2D eigenvalue weighted by atomic mass is 10.0. The Morgan fingerprint density at radius 3 is 2.75 bits per heavy atom. The van der Waals surface area contributed by atoms with Gasteiger partial charge in [0.05, 0.1) is 6.61 Å². The average molecular weight is 230 g/mol. The zero-order valence-corrected chi connectivity index (χ0v) is 9.58. The van der Waals surface area contributed by atoms with Crippen molar-refractivity contribution >= 4 is 11.8 Å². The molecule has 92 valence electrons. The van der Waals surface area contributed by atoms with Gasteiger partial charge in [0.1, 0.15) is 11.6 Å². The maximum Gasteiger partial charge on any atom is 0.242 e. The minimum Gasteiger partial charge on any atom is -0.386 e. The van der Waals surface area contributed by atoms with E-state index < -0.39 is 11.6 Å². The van der Waals surface area contributed by atoms with E-state index >= 15 is 0 Å². The number of carbonyl (C=O) groups is 2. The fourth-order valence-corrected chi connectivity index (χ4v) is 1.51. The maximum absolute atomic E-state index is 11.5. The summed E-state index contributed by atoms with van der Waals surface area (Å²) in [6.07, 6.45) is 0.516. The Labute approximate surface area is 94.3 Å². The molecule has 2 unspecified atom stereocenters. The second kappa shape index (κ2) is 5.27. The number of hydrogen-bond donors (Lipinski definition) is 3. The minimum absolute atomic E-state index is 0.149. The summed E-state index contributed by atoms with van der Waals surface area (Å²) in [6.45, 7) is 3.83. The Bertz CT molecular complexity index is 274. The van der Waals surface area contributed by atoms with E-state index in [0.717, 1.165) is 0 Å². The van der Waals surface area contributed by atoms with Crippen molar-refractivity contribution < 1.29 is 19.4 Å². The molecule has 1 heterocycles. The quantitative estimate of drug-likeness (QED) is 0.565. The predicted octanol–water partition coefficient (Wildman–Crippen LogP) is -1.22. The molecule has 1 aliphatic heterocycles. The zero-order chi connectivity index (χ0) is 12.2. The summed E-state index contributed by atoms with van der Waals surface area (Å²) >= 11 is 0. The number of amides is 2. The third-order valence-electron chi connectivity index (χ3n) is 2.49. The first-order valence-electron chi connectivity index (χ1n) is 5.28. The molecule has 0 aromatic rings. The Balaban J connectivity index is 2.31. The normalized spacial score (nSPS) is 26.2. The van der Waals surface area contributed by atoms with Crippen LogP contribution in [-0.2, 0) is 14.3 Å². The fourth-order valence-electron chi connectivity index (χ4n) is 1.51. The molecule has 0 aromatic carbocycles. The summed E-state index contributed by atoms with van der Waals surface area (Å²) in [5.41, 5.74) is -0.967. The Morgan fingerprint density at radius 2 is 2.25 bits per heavy atom. The van der Waals surface area contributed by atoms with Crippen molar-refractivity contribution in [1.29, 1.82) is 0 Å². The largest absolute Gasteiger partial charge is 0.386 e. The second-order valence-electron chi connectivity index (χ2n) is 4.17. The SMILES string of the molecule is CC(=O)NC(C)C(=O)NCC1(O)CCOC1. The first kappa shape index (κ1) is 12.9. The second-order valence-corrected chi connectivity index (χ2v) is 4.17. The van der Waals surface area contributed by atoms with Crippen LogP contribution in [0.1, 0.15) is 20.3 Å². The van der Waals surface area contributed by atoms with Crippen molar-refractivity contribution in [3.63, 3.8) is 0 Å². The van der Waals surface area contributed by atoms with Crippen molar-refractivity contribution in [2.24, 2.45) is 0 Å². The molecule has 6 nitrogen and oxygen atoms in total. The van der Waals surface area contributed by atoms with Gasteiger partial charge < -0.3 is 20.5 Å². The van der Waals surface area contributed by atoms with Gasteiger partial charge in [0.25, 0.3) is 0 Å². The molecular formula is C10H18N2O4. The molecule has 0 aliphatic carbocycles. The molecule has 1 fully saturated rings. The maximum atomic E-state index is 11.5. The van der Waals surface area contributed by atoms with E-state index in [-0.39, 0.29) is 25.0 Å². The molecule has 2 amide bonds. The van der Waals surface area contributed by atoms with Crippen LogP contribution in [0.5, 0.6) is 0 Å². The summed E-state index contributed by atoms with van der Waals surface area (Å²) < 4.78 is 5.05. The van der Waals surface area contributed by atoms with E-state index in [1.54, 1.807) is 6.92 Å². The van der Waals surface area contributed by atoms with Gasteiger partial charge in [-0.05, 0) is 6.92 Å². The lowest BCUT2D eigenvalue weighted by Crippen LogP contribution is -2.49. The number of nitrogens with one attached hydrogen (secondary N) is 2. The lowest BCUT2D eigenvalue weighted by molar-refractivity contribution is -0.128. The van der Waals surface area contributed by atoms with Gasteiger partial charge in [-0.2, -0.15) is 0 Å². The number of rotatable bonds is 4. The average Bonchev–Trinajstić information content (AvgIpc) is 2.61. The van der Waals surface area contributed by atoms with Gasteiger partial charge in [-0.25, -0.2) is 0 Å². The van der Waals surface area contributed by atoms with Crippen molar-refractivity contribution in [2.45, 2.75) is 31.9 Å². The van der Waals surface area contributed by atoms with Gasteiger partial charge in [0, 0.05) is 26.5 Å². The molecule has 0 radical (unpaired) electrons. The summed E-state index contributed by atoms with van der Waals surface area (Å²) in [4.78, 5) is 22.2. The number of hydrogen-bond acceptors (Lipinski definition) is 4. The van der Waals surface area contributed by atoms with Crippen molar-refractivity contribution in [2.75, 3.05) is 19.8 Å². The molecule has 1 aliphatic rings. The van der Waals surface area contributed by atoms with Gasteiger partial charge in [0.15, 0.2) is 0 Å². The minimum atomic E-state index is -0.967. The van der Waals surface area contributed by atoms with Gasteiger partial charge in [0.2, 0.25) is 11.8 Å². The molecule has 0 saturated carbocycles. The van der Waals surface area contributed by atoms with Gasteiger partial charge in [-0.1, -0.05) is 0 Å². The fraction of sp³-hybridized carbons (Fsp3) is 0.800. The third kappa shape index (κ3) is 3.79. The standard InChI is InChI=1S/C10H18N2O4/c1-7(12-8(2)13)9(14)11-5-10(15)3-4-16-6-10/h7,15H,3-6H2,1-2H3,(H,11,14)(H,12,13). The number of carbonyl (C=O) groups excluding carboxylic acids is 2. The van der Waals surface area contributed by atoms with Crippen LogP contribution >= 0.6 is 0 Å². The van der Waals surface area contributed by atoms with Crippen LogP contribution in [0.2, 0.25) is 0 Å². The van der Waals surface area contributed by atoms with Crippen LogP contribution in [0.4, 0.5) is 0 Å². The van der Waals surface area contributed by atoms with E-state index in [0.29, 0.717) is 13.0 Å². The van der Waals surface area contributed by atoms with Crippen LogP contribution < -0.4 is 10.6 Å². The predicted molar refractivity (Wildman–Crippen MR) is 56.7 cm³/mol. The molecule has 0 aromatic heterocycles. The van der Waals surface area contributed by atoms with Crippen LogP contribution in [-0.4, -0.2) is 48.3 Å². The van der Waals surface area contributed by atoms with Crippen molar-refractivity contribution in [3.05, 3.63) is 0 Å². The highest BCUT2D eigenvalue weighted by Gasteiger charge is 2.32. The highest BCUT2D eigenvalue weighted by atomic mass is 16.5. The monoisotopic (exact) mass is 230 g/mol. The number of ether oxygens (including phenoxy) is 1. The molecule has 1 rings (SSSR count). The molecule has 0 bridgehead atoms. The van der Waals surface area contributed by atoms with Crippen LogP contribution in [0.15, 0.2) is 0 Å². The van der Waals surface area contributed by atoms with Gasteiger partial charge in [-0.3, -0.25) is 9.59 Å². The Hall–Kier alpha value is -1.14. The van der Waals surface area contributed by atoms with E-state index in [1.165, 1.54) is 6.92 Å². The summed E-state index contributed by atoms with van der Waals surface area (Å²) in [5.74, 6) is -0.568. The number of aliphatic hydroxyl groups is 1. The lowest BCUT2D eigenvalue weighted by Gasteiger charge is -2.22. The van der Waals surface area contributed by atoms with E-state index in [9.17, 15) is 14.7 Å². The van der Waals surface area contributed by atoms with Crippen LogP contribution in [0.3, 0.4) is 0 Å². The molecule has 16 heavy (non-hydrogen) atoms. The summed E-state index contributed by atoms with van der Waals surface area (Å²) in [5, 5.41) is 14.9. The van der Waals surface area contributed by atoms with Crippen LogP contribution in [0, 0.1) is 0 Å². The first-order valence-corrected chi connectivity index (χ1v) is 5.28. The highest BCUT2D eigenvalue weighted by molar-refractivity contribution is 5.86. The molecule has 2 atom stereocenters. The molecule has 0 spiro atoms. The summed E-state index contributed by atoms with van der Waals surface area (Å²) in [7, 11) is 0. The Kier molecular flexibility index (Phi) is 4.26. The first-order chi connectivity index (χ1) is 7.43. The van der Waals surface area contributed by atoms with E-state index in [1.807, 2.05) is 0 Å². The van der Waals surface area contributed by atoms with E-state index in [2.05, 4.69) is 10.6 Å². The summed E-state index contributed by atoms with van der Waals surface area (Å²) in [6, 6.07) is -0.594. The zero-order valence-electron chi connectivity index (χ0n) is 9.58. The van der Waals surface area contributed by atoms with Gasteiger partial charge in [-0.15, -0.1) is 0 Å². The molecular weight excluding hydrogens is 212 g/mol. The highest BCUT2D eigenvalue weighted by Crippen LogP contribution is 2.16. The molecule has 6 heteroatoms. The third-order valence-corrected chi connectivity index (χ3v) is 2.49.